The number of carbonyl (C=O) groups excluding carboxylic acids is 1. The predicted molar refractivity (Wildman–Crippen MR) is 92.9 cm³/mol. The molecule has 2 fully saturated rings. The minimum Gasteiger partial charge on any atom is -0.354 e. The van der Waals surface area contributed by atoms with Gasteiger partial charge >= 0.3 is 0 Å². The first kappa shape index (κ1) is 16.5. The zero-order chi connectivity index (χ0) is 16.3. The average molecular weight is 315 g/mol. The molecule has 2 unspecified atom stereocenters. The summed E-state index contributed by atoms with van der Waals surface area (Å²) >= 11 is 0. The third kappa shape index (κ3) is 3.75. The number of nitrogens with one attached hydrogen (secondary N) is 3. The SMILES string of the molecule is CC(C)CC1CC(C(=O)NCC2(c3ccccc3)CCC2)NN1. The Bertz CT molecular complexity index is 525. The second-order valence-corrected chi connectivity index (χ2v) is 7.62. The minimum atomic E-state index is -0.105. The van der Waals surface area contributed by atoms with Gasteiger partial charge in [0.2, 0.25) is 5.91 Å². The smallest absolute Gasteiger partial charge is 0.238 e. The van der Waals surface area contributed by atoms with E-state index in [0.717, 1.165) is 19.4 Å². The van der Waals surface area contributed by atoms with Gasteiger partial charge in [-0.15, -0.1) is 0 Å². The van der Waals surface area contributed by atoms with Gasteiger partial charge in [0.25, 0.3) is 0 Å². The standard InChI is InChI=1S/C19H29N3O/c1-14(2)11-16-12-17(22-21-16)18(23)20-13-19(9-6-10-19)15-7-4-3-5-8-15/h3-5,7-8,14,16-17,21-22H,6,9-13H2,1-2H3,(H,20,23). The molecule has 1 aliphatic carbocycles. The second-order valence-electron chi connectivity index (χ2n) is 7.62. The Kier molecular flexibility index (Phi) is 5.02. The van der Waals surface area contributed by atoms with E-state index in [1.165, 1.54) is 24.8 Å². The van der Waals surface area contributed by atoms with E-state index in [4.69, 9.17) is 0 Å². The molecule has 1 aromatic rings. The van der Waals surface area contributed by atoms with Crippen LogP contribution in [0.3, 0.4) is 0 Å². The van der Waals surface area contributed by atoms with Crippen LogP contribution in [-0.4, -0.2) is 24.5 Å². The van der Waals surface area contributed by atoms with Crippen molar-refractivity contribution in [3.63, 3.8) is 0 Å². The first-order valence-corrected chi connectivity index (χ1v) is 8.93. The first-order valence-electron chi connectivity index (χ1n) is 8.93. The van der Waals surface area contributed by atoms with Crippen LogP contribution in [0.5, 0.6) is 0 Å². The van der Waals surface area contributed by atoms with E-state index in [1.54, 1.807) is 0 Å². The Morgan fingerprint density at radius 3 is 2.61 bits per heavy atom. The van der Waals surface area contributed by atoms with Gasteiger partial charge in [-0.2, -0.15) is 0 Å². The summed E-state index contributed by atoms with van der Waals surface area (Å²) < 4.78 is 0. The second kappa shape index (κ2) is 7.02. The number of hydrogen-bond acceptors (Lipinski definition) is 3. The van der Waals surface area contributed by atoms with Crippen molar-refractivity contribution in [2.45, 2.75) is 63.5 Å². The zero-order valence-corrected chi connectivity index (χ0v) is 14.3. The molecule has 3 rings (SSSR count). The highest BCUT2D eigenvalue weighted by molar-refractivity contribution is 5.82. The third-order valence-corrected chi connectivity index (χ3v) is 5.35. The quantitative estimate of drug-likeness (QED) is 0.756. The molecule has 1 aromatic carbocycles. The van der Waals surface area contributed by atoms with Gasteiger partial charge < -0.3 is 5.32 Å². The van der Waals surface area contributed by atoms with Gasteiger partial charge in [0.05, 0.1) is 0 Å². The summed E-state index contributed by atoms with van der Waals surface area (Å²) in [6.45, 7) is 5.19. The van der Waals surface area contributed by atoms with Crippen LogP contribution >= 0.6 is 0 Å². The Hall–Kier alpha value is -1.39. The molecule has 23 heavy (non-hydrogen) atoms. The monoisotopic (exact) mass is 315 g/mol. The maximum absolute atomic E-state index is 12.5. The average Bonchev–Trinajstić information content (AvgIpc) is 2.95. The molecular formula is C19H29N3O. The predicted octanol–water partition coefficient (Wildman–Crippen LogP) is 2.51. The molecule has 1 saturated carbocycles. The number of benzene rings is 1. The first-order chi connectivity index (χ1) is 11.1. The van der Waals surface area contributed by atoms with Gasteiger partial charge in [-0.3, -0.25) is 10.2 Å². The maximum atomic E-state index is 12.5. The topological polar surface area (TPSA) is 53.2 Å². The zero-order valence-electron chi connectivity index (χ0n) is 14.3. The fourth-order valence-electron chi connectivity index (χ4n) is 3.86. The summed E-state index contributed by atoms with van der Waals surface area (Å²) in [5.74, 6) is 0.776. The van der Waals surface area contributed by atoms with Gasteiger partial charge in [-0.05, 0) is 37.2 Å². The fraction of sp³-hybridized carbons (Fsp3) is 0.632. The lowest BCUT2D eigenvalue weighted by molar-refractivity contribution is -0.123. The van der Waals surface area contributed by atoms with Crippen molar-refractivity contribution in [3.8, 4) is 0 Å². The van der Waals surface area contributed by atoms with Gasteiger partial charge in [-0.25, -0.2) is 5.43 Å². The molecule has 1 aliphatic heterocycles. The van der Waals surface area contributed by atoms with Crippen molar-refractivity contribution in [1.29, 1.82) is 0 Å². The lowest BCUT2D eigenvalue weighted by Crippen LogP contribution is -2.50. The van der Waals surface area contributed by atoms with Crippen LogP contribution in [0.15, 0.2) is 30.3 Å². The summed E-state index contributed by atoms with van der Waals surface area (Å²) in [7, 11) is 0. The van der Waals surface area contributed by atoms with Crippen LogP contribution in [0, 0.1) is 5.92 Å². The molecule has 2 aliphatic rings. The Morgan fingerprint density at radius 1 is 1.26 bits per heavy atom. The highest BCUT2D eigenvalue weighted by Gasteiger charge is 2.39. The largest absolute Gasteiger partial charge is 0.354 e. The van der Waals surface area contributed by atoms with Crippen LogP contribution in [0.4, 0.5) is 0 Å². The molecule has 0 radical (unpaired) electrons. The number of rotatable bonds is 6. The molecule has 4 nitrogen and oxygen atoms in total. The molecule has 126 valence electrons. The summed E-state index contributed by atoms with van der Waals surface area (Å²) in [6, 6.07) is 10.9. The van der Waals surface area contributed by atoms with Crippen molar-refractivity contribution < 1.29 is 4.79 Å². The Balaban J connectivity index is 1.53. The molecule has 0 spiro atoms. The van der Waals surface area contributed by atoms with E-state index >= 15 is 0 Å². The molecule has 1 amide bonds. The molecule has 0 aromatic heterocycles. The van der Waals surface area contributed by atoms with E-state index in [0.29, 0.717) is 12.0 Å². The van der Waals surface area contributed by atoms with Crippen molar-refractivity contribution in [1.82, 2.24) is 16.2 Å². The van der Waals surface area contributed by atoms with Crippen LogP contribution in [0.1, 0.15) is 51.5 Å². The fourth-order valence-corrected chi connectivity index (χ4v) is 3.86. The van der Waals surface area contributed by atoms with E-state index in [9.17, 15) is 4.79 Å². The maximum Gasteiger partial charge on any atom is 0.238 e. The van der Waals surface area contributed by atoms with Crippen molar-refractivity contribution in [2.24, 2.45) is 5.92 Å². The summed E-state index contributed by atoms with van der Waals surface area (Å²) in [5, 5.41) is 3.20. The third-order valence-electron chi connectivity index (χ3n) is 5.35. The van der Waals surface area contributed by atoms with E-state index in [2.05, 4.69) is 60.3 Å². The highest BCUT2D eigenvalue weighted by Crippen LogP contribution is 2.43. The van der Waals surface area contributed by atoms with Crippen LogP contribution in [0.2, 0.25) is 0 Å². The van der Waals surface area contributed by atoms with Crippen LogP contribution in [0.25, 0.3) is 0 Å². The molecule has 2 atom stereocenters. The van der Waals surface area contributed by atoms with Crippen molar-refractivity contribution in [3.05, 3.63) is 35.9 Å². The normalized spacial score (nSPS) is 26.0. The van der Waals surface area contributed by atoms with E-state index in [1.807, 2.05) is 0 Å². The Labute approximate surface area is 139 Å². The van der Waals surface area contributed by atoms with Crippen molar-refractivity contribution in [2.75, 3.05) is 6.54 Å². The molecule has 1 heterocycles. The van der Waals surface area contributed by atoms with E-state index in [-0.39, 0.29) is 17.4 Å². The molecular weight excluding hydrogens is 286 g/mol. The lowest BCUT2D eigenvalue weighted by Gasteiger charge is -2.42. The van der Waals surface area contributed by atoms with Gasteiger partial charge in [0.1, 0.15) is 6.04 Å². The Morgan fingerprint density at radius 2 is 2.00 bits per heavy atom. The summed E-state index contributed by atoms with van der Waals surface area (Å²) in [4.78, 5) is 12.5. The number of hydrogen-bond donors (Lipinski definition) is 3. The van der Waals surface area contributed by atoms with E-state index < -0.39 is 0 Å². The van der Waals surface area contributed by atoms with Crippen LogP contribution < -0.4 is 16.2 Å². The highest BCUT2D eigenvalue weighted by atomic mass is 16.2. The van der Waals surface area contributed by atoms with Gasteiger partial charge in [0, 0.05) is 18.0 Å². The molecule has 1 saturated heterocycles. The molecule has 3 N–H and O–H groups in total. The number of carbonyl (C=O) groups is 1. The molecule has 0 bridgehead atoms. The lowest BCUT2D eigenvalue weighted by atomic mass is 9.64. The van der Waals surface area contributed by atoms with Crippen LogP contribution in [-0.2, 0) is 10.2 Å². The number of hydrazine groups is 1. The summed E-state index contributed by atoms with van der Waals surface area (Å²) in [6.07, 6.45) is 5.57. The number of amides is 1. The van der Waals surface area contributed by atoms with Crippen molar-refractivity contribution >= 4 is 5.91 Å². The van der Waals surface area contributed by atoms with Gasteiger partial charge in [-0.1, -0.05) is 50.6 Å². The van der Waals surface area contributed by atoms with Gasteiger partial charge in [0.15, 0.2) is 0 Å². The summed E-state index contributed by atoms with van der Waals surface area (Å²) in [5.41, 5.74) is 7.94. The molecule has 4 heteroatoms. The minimum absolute atomic E-state index is 0.105.